The van der Waals surface area contributed by atoms with Crippen molar-refractivity contribution in [2.24, 2.45) is 17.6 Å². The van der Waals surface area contributed by atoms with Crippen LogP contribution in [0.15, 0.2) is 0 Å². The second kappa shape index (κ2) is 14.0. The van der Waals surface area contributed by atoms with Gasteiger partial charge in [-0.05, 0) is 18.3 Å². The van der Waals surface area contributed by atoms with Crippen LogP contribution in [0.25, 0.3) is 0 Å². The van der Waals surface area contributed by atoms with E-state index in [4.69, 9.17) is 21.1 Å². The van der Waals surface area contributed by atoms with Crippen LogP contribution in [-0.2, 0) is 28.8 Å². The van der Waals surface area contributed by atoms with Gasteiger partial charge in [0.05, 0.1) is 18.9 Å². The van der Waals surface area contributed by atoms with Gasteiger partial charge >= 0.3 is 17.9 Å². The fourth-order valence-corrected chi connectivity index (χ4v) is 2.87. The summed E-state index contributed by atoms with van der Waals surface area (Å²) in [6.07, 6.45) is -0.999. The topological polar surface area (TPSA) is 225 Å². The van der Waals surface area contributed by atoms with Gasteiger partial charge in [0.1, 0.15) is 18.1 Å². The van der Waals surface area contributed by atoms with E-state index in [0.29, 0.717) is 12.8 Å². The van der Waals surface area contributed by atoms with Crippen molar-refractivity contribution in [2.75, 3.05) is 0 Å². The van der Waals surface area contributed by atoms with Crippen LogP contribution in [0.1, 0.15) is 53.4 Å². The van der Waals surface area contributed by atoms with Crippen molar-refractivity contribution in [3.63, 3.8) is 0 Å². The lowest BCUT2D eigenvalue weighted by molar-refractivity contribution is -0.147. The summed E-state index contributed by atoms with van der Waals surface area (Å²) in [5, 5.41) is 33.8. The van der Waals surface area contributed by atoms with Crippen LogP contribution in [0, 0.1) is 11.8 Å². The first-order chi connectivity index (χ1) is 15.2. The highest BCUT2D eigenvalue weighted by atomic mass is 16.4. The lowest BCUT2D eigenvalue weighted by Gasteiger charge is -2.27. The summed E-state index contributed by atoms with van der Waals surface area (Å²) in [6.45, 7) is 6.95. The van der Waals surface area contributed by atoms with Gasteiger partial charge < -0.3 is 37.0 Å². The smallest absolute Gasteiger partial charge is 0.326 e. The molecule has 0 spiro atoms. The van der Waals surface area contributed by atoms with Crippen LogP contribution in [0.3, 0.4) is 0 Å². The van der Waals surface area contributed by atoms with E-state index in [2.05, 4.69) is 16.0 Å². The zero-order valence-corrected chi connectivity index (χ0v) is 19.2. The van der Waals surface area contributed by atoms with Gasteiger partial charge in [-0.25, -0.2) is 4.79 Å². The zero-order valence-electron chi connectivity index (χ0n) is 19.2. The molecule has 0 saturated heterocycles. The molecule has 13 heteroatoms. The molecule has 0 fully saturated rings. The Kier molecular flexibility index (Phi) is 12.7. The molecular formula is C20H34N4O9. The largest absolute Gasteiger partial charge is 0.481 e. The molecule has 13 nitrogen and oxygen atoms in total. The Balaban J connectivity index is 5.59. The summed E-state index contributed by atoms with van der Waals surface area (Å²) in [5.41, 5.74) is 5.78. The van der Waals surface area contributed by atoms with E-state index in [1.54, 1.807) is 13.8 Å². The van der Waals surface area contributed by atoms with Crippen molar-refractivity contribution in [1.82, 2.24) is 16.0 Å². The van der Waals surface area contributed by atoms with Gasteiger partial charge in [0.15, 0.2) is 0 Å². The van der Waals surface area contributed by atoms with E-state index in [9.17, 15) is 28.8 Å². The first kappa shape index (κ1) is 29.8. The van der Waals surface area contributed by atoms with Crippen molar-refractivity contribution < 1.29 is 44.1 Å². The highest BCUT2D eigenvalue weighted by molar-refractivity contribution is 5.96. The molecule has 33 heavy (non-hydrogen) atoms. The monoisotopic (exact) mass is 474 g/mol. The summed E-state index contributed by atoms with van der Waals surface area (Å²) in [6, 6.07) is -5.56. The highest BCUT2D eigenvalue weighted by Crippen LogP contribution is 2.10. The average molecular weight is 475 g/mol. The van der Waals surface area contributed by atoms with Gasteiger partial charge in [-0.1, -0.05) is 34.1 Å². The third-order valence-corrected chi connectivity index (χ3v) is 4.86. The molecule has 0 saturated carbocycles. The minimum atomic E-state index is -1.73. The molecule has 8 N–H and O–H groups in total. The van der Waals surface area contributed by atoms with E-state index >= 15 is 0 Å². The molecule has 0 heterocycles. The second-order valence-corrected chi connectivity index (χ2v) is 8.26. The van der Waals surface area contributed by atoms with Crippen molar-refractivity contribution >= 4 is 35.6 Å². The quantitative estimate of drug-likeness (QED) is 0.151. The second-order valence-electron chi connectivity index (χ2n) is 8.26. The Morgan fingerprint density at radius 3 is 1.67 bits per heavy atom. The number of carboxylic acid groups (broad SMARTS) is 3. The fourth-order valence-electron chi connectivity index (χ4n) is 2.87. The van der Waals surface area contributed by atoms with E-state index < -0.39 is 78.6 Å². The Morgan fingerprint density at radius 1 is 0.758 bits per heavy atom. The van der Waals surface area contributed by atoms with Crippen LogP contribution in [0.2, 0.25) is 0 Å². The number of rotatable bonds is 15. The maximum absolute atomic E-state index is 12.8. The number of hydrogen-bond donors (Lipinski definition) is 7. The number of amides is 3. The Labute approximate surface area is 191 Å². The van der Waals surface area contributed by atoms with Gasteiger partial charge in [0.25, 0.3) is 0 Å². The fraction of sp³-hybridized carbons (Fsp3) is 0.700. The van der Waals surface area contributed by atoms with Crippen molar-refractivity contribution in [3.8, 4) is 0 Å². The molecule has 188 valence electrons. The van der Waals surface area contributed by atoms with Gasteiger partial charge in [-0.3, -0.25) is 24.0 Å². The standard InChI is InChI=1S/C20H34N4O9/c1-5-10(4)16(19(31)23-13(20(32)33)8-15(27)28)24-18(30)12(7-14(25)26)22-17(29)11(21)6-9(2)3/h9-13,16H,5-8,21H2,1-4H3,(H,22,29)(H,23,31)(H,24,30)(H,25,26)(H,27,28)(H,32,33). The molecule has 5 unspecified atom stereocenters. The molecule has 0 aliphatic rings. The number of carbonyl (C=O) groups excluding carboxylic acids is 3. The van der Waals surface area contributed by atoms with Crippen molar-refractivity contribution in [3.05, 3.63) is 0 Å². The summed E-state index contributed by atoms with van der Waals surface area (Å²) >= 11 is 0. The van der Waals surface area contributed by atoms with Crippen LogP contribution in [0.4, 0.5) is 0 Å². The van der Waals surface area contributed by atoms with Crippen LogP contribution in [0.5, 0.6) is 0 Å². The summed E-state index contributed by atoms with van der Waals surface area (Å²) in [7, 11) is 0. The molecule has 5 atom stereocenters. The highest BCUT2D eigenvalue weighted by Gasteiger charge is 2.34. The predicted octanol–water partition coefficient (Wildman–Crippen LogP) is -1.11. The Bertz CT molecular complexity index is 741. The maximum atomic E-state index is 12.8. The first-order valence-corrected chi connectivity index (χ1v) is 10.5. The normalized spacial score (nSPS) is 15.5. The maximum Gasteiger partial charge on any atom is 0.326 e. The van der Waals surface area contributed by atoms with Crippen LogP contribution >= 0.6 is 0 Å². The number of aliphatic carboxylic acids is 3. The molecule has 0 bridgehead atoms. The Hall–Kier alpha value is -3.22. The molecule has 0 rings (SSSR count). The molecule has 0 aromatic heterocycles. The van der Waals surface area contributed by atoms with E-state index in [-0.39, 0.29) is 5.92 Å². The summed E-state index contributed by atoms with van der Waals surface area (Å²) in [5.74, 6) is -7.53. The average Bonchev–Trinajstić information content (AvgIpc) is 2.68. The zero-order chi connectivity index (χ0) is 25.9. The Morgan fingerprint density at radius 2 is 1.24 bits per heavy atom. The van der Waals surface area contributed by atoms with Crippen LogP contribution < -0.4 is 21.7 Å². The van der Waals surface area contributed by atoms with Gasteiger partial charge in [0.2, 0.25) is 17.7 Å². The number of carboxylic acids is 3. The number of carbonyl (C=O) groups is 6. The van der Waals surface area contributed by atoms with Gasteiger partial charge in [0, 0.05) is 0 Å². The molecule has 0 radical (unpaired) electrons. The number of nitrogens with two attached hydrogens (primary N) is 1. The minimum Gasteiger partial charge on any atom is -0.481 e. The number of nitrogens with one attached hydrogen (secondary N) is 3. The summed E-state index contributed by atoms with van der Waals surface area (Å²) < 4.78 is 0. The predicted molar refractivity (Wildman–Crippen MR) is 115 cm³/mol. The summed E-state index contributed by atoms with van der Waals surface area (Å²) in [4.78, 5) is 71.1. The molecule has 3 amide bonds. The molecule has 0 aromatic carbocycles. The van der Waals surface area contributed by atoms with E-state index in [1.165, 1.54) is 0 Å². The molecule has 0 aromatic rings. The first-order valence-electron chi connectivity index (χ1n) is 10.5. The SMILES string of the molecule is CCC(C)C(NC(=O)C(CC(=O)O)NC(=O)C(N)CC(C)C)C(=O)NC(CC(=O)O)C(=O)O. The van der Waals surface area contributed by atoms with Crippen LogP contribution in [-0.4, -0.2) is 75.1 Å². The molecule has 0 aliphatic heterocycles. The lowest BCUT2D eigenvalue weighted by Crippen LogP contribution is -2.59. The third kappa shape index (κ3) is 11.3. The van der Waals surface area contributed by atoms with Gasteiger partial charge in [-0.2, -0.15) is 0 Å². The lowest BCUT2D eigenvalue weighted by atomic mass is 9.97. The van der Waals surface area contributed by atoms with Crippen molar-refractivity contribution in [2.45, 2.75) is 77.5 Å². The number of hydrogen-bond acceptors (Lipinski definition) is 7. The third-order valence-electron chi connectivity index (χ3n) is 4.86. The minimum absolute atomic E-state index is 0.0731. The van der Waals surface area contributed by atoms with E-state index in [1.807, 2.05) is 13.8 Å². The van der Waals surface area contributed by atoms with Gasteiger partial charge in [-0.15, -0.1) is 0 Å². The molecular weight excluding hydrogens is 440 g/mol. The molecule has 0 aliphatic carbocycles. The van der Waals surface area contributed by atoms with E-state index in [0.717, 1.165) is 0 Å². The van der Waals surface area contributed by atoms with Crippen molar-refractivity contribution in [1.29, 1.82) is 0 Å².